The first kappa shape index (κ1) is 31.3. The van der Waals surface area contributed by atoms with Gasteiger partial charge in [-0.2, -0.15) is 0 Å². The average Bonchev–Trinajstić information content (AvgIpc) is 3.25. The van der Waals surface area contributed by atoms with Crippen LogP contribution in [-0.4, -0.2) is 62.3 Å². The van der Waals surface area contributed by atoms with Crippen LogP contribution in [0.15, 0.2) is 51.9 Å². The number of benzene rings is 2. The molecule has 0 aliphatic carbocycles. The van der Waals surface area contributed by atoms with E-state index in [9.17, 15) is 18.3 Å². The summed E-state index contributed by atoms with van der Waals surface area (Å²) in [6, 6.07) is 12.4. The minimum absolute atomic E-state index is 0.0940. The second kappa shape index (κ2) is 13.4. The van der Waals surface area contributed by atoms with Gasteiger partial charge in [0.25, 0.3) is 10.0 Å². The SMILES string of the molecule is CCOCc1cc(CNC(=O)C(CC)(CCO)N(C)C)ccc1-c1ccccc1S(=O)(=O)Nc1noc(C)c1C. The second-order valence-electron chi connectivity index (χ2n) is 9.88. The topological polar surface area (TPSA) is 134 Å². The van der Waals surface area contributed by atoms with Crippen LogP contribution in [0.5, 0.6) is 0 Å². The fraction of sp³-hybridized carbons (Fsp3) is 0.448. The fourth-order valence-corrected chi connectivity index (χ4v) is 5.98. The minimum Gasteiger partial charge on any atom is -0.396 e. The molecule has 3 N–H and O–H groups in total. The summed E-state index contributed by atoms with van der Waals surface area (Å²) in [6.07, 6.45) is 0.872. The first-order valence-electron chi connectivity index (χ1n) is 13.3. The van der Waals surface area contributed by atoms with E-state index in [0.29, 0.717) is 41.9 Å². The molecule has 0 saturated heterocycles. The Morgan fingerprint density at radius 3 is 2.45 bits per heavy atom. The van der Waals surface area contributed by atoms with Gasteiger partial charge in [-0.05, 0) is 70.5 Å². The summed E-state index contributed by atoms with van der Waals surface area (Å²) in [5, 5.41) is 16.4. The largest absolute Gasteiger partial charge is 0.396 e. The lowest BCUT2D eigenvalue weighted by atomic mass is 9.89. The number of carbonyl (C=O) groups excluding carboxylic acids is 1. The summed E-state index contributed by atoms with van der Waals surface area (Å²) in [4.78, 5) is 15.1. The molecule has 11 heteroatoms. The van der Waals surface area contributed by atoms with Crippen LogP contribution in [0.1, 0.15) is 49.1 Å². The van der Waals surface area contributed by atoms with Gasteiger partial charge in [-0.1, -0.05) is 48.5 Å². The summed E-state index contributed by atoms with van der Waals surface area (Å²) in [5.74, 6) is 0.520. The highest BCUT2D eigenvalue weighted by Crippen LogP contribution is 2.33. The third-order valence-corrected chi connectivity index (χ3v) is 8.73. The maximum absolute atomic E-state index is 13.5. The number of amides is 1. The first-order chi connectivity index (χ1) is 19.0. The Morgan fingerprint density at radius 1 is 1.12 bits per heavy atom. The molecular weight excluding hydrogens is 532 g/mol. The molecule has 1 atom stereocenters. The number of aliphatic hydroxyl groups excluding tert-OH is 1. The highest BCUT2D eigenvalue weighted by Gasteiger charge is 2.38. The molecule has 0 saturated carbocycles. The van der Waals surface area contributed by atoms with Gasteiger partial charge >= 0.3 is 0 Å². The molecule has 0 spiro atoms. The molecule has 40 heavy (non-hydrogen) atoms. The van der Waals surface area contributed by atoms with Crippen LogP contribution in [0.25, 0.3) is 11.1 Å². The number of aliphatic hydroxyl groups is 1. The van der Waals surface area contributed by atoms with Crippen molar-refractivity contribution in [1.29, 1.82) is 0 Å². The van der Waals surface area contributed by atoms with Crippen molar-refractivity contribution in [3.8, 4) is 11.1 Å². The molecule has 2 aromatic carbocycles. The number of carbonyl (C=O) groups is 1. The zero-order valence-corrected chi connectivity index (χ0v) is 24.9. The van der Waals surface area contributed by atoms with E-state index in [1.165, 1.54) is 0 Å². The maximum Gasteiger partial charge on any atom is 0.263 e. The number of aromatic nitrogens is 1. The average molecular weight is 573 g/mol. The van der Waals surface area contributed by atoms with E-state index in [4.69, 9.17) is 9.26 Å². The Kier molecular flexibility index (Phi) is 10.5. The number of anilines is 1. The lowest BCUT2D eigenvalue weighted by molar-refractivity contribution is -0.133. The third-order valence-electron chi connectivity index (χ3n) is 7.33. The summed E-state index contributed by atoms with van der Waals surface area (Å²) >= 11 is 0. The molecule has 0 radical (unpaired) electrons. The van der Waals surface area contributed by atoms with Gasteiger partial charge < -0.3 is 19.7 Å². The highest BCUT2D eigenvalue weighted by molar-refractivity contribution is 7.92. The van der Waals surface area contributed by atoms with E-state index in [0.717, 1.165) is 11.1 Å². The Balaban J connectivity index is 1.96. The van der Waals surface area contributed by atoms with Gasteiger partial charge in [-0.25, -0.2) is 8.42 Å². The summed E-state index contributed by atoms with van der Waals surface area (Å²) in [5.41, 5.74) is 2.64. The van der Waals surface area contributed by atoms with E-state index in [2.05, 4.69) is 15.2 Å². The molecule has 0 aliphatic heterocycles. The van der Waals surface area contributed by atoms with Crippen molar-refractivity contribution in [1.82, 2.24) is 15.4 Å². The normalized spacial score (nSPS) is 13.3. The molecule has 218 valence electrons. The Labute approximate surface area is 236 Å². The van der Waals surface area contributed by atoms with Crippen LogP contribution in [0, 0.1) is 13.8 Å². The Hall–Kier alpha value is -3.25. The van der Waals surface area contributed by atoms with Gasteiger partial charge in [-0.3, -0.25) is 14.4 Å². The highest BCUT2D eigenvalue weighted by atomic mass is 32.2. The molecular formula is C29H40N4O6S. The van der Waals surface area contributed by atoms with Crippen molar-refractivity contribution in [3.05, 3.63) is 64.9 Å². The number of hydrogen-bond acceptors (Lipinski definition) is 8. The van der Waals surface area contributed by atoms with E-state index in [-0.39, 0.29) is 36.4 Å². The van der Waals surface area contributed by atoms with Gasteiger partial charge in [0, 0.05) is 30.9 Å². The smallest absolute Gasteiger partial charge is 0.263 e. The number of rotatable bonds is 14. The first-order valence-corrected chi connectivity index (χ1v) is 14.8. The van der Waals surface area contributed by atoms with Crippen LogP contribution in [0.2, 0.25) is 0 Å². The monoisotopic (exact) mass is 572 g/mol. The number of nitrogens with zero attached hydrogens (tertiary/aromatic N) is 2. The number of likely N-dealkylation sites (N-methyl/N-ethyl adjacent to an activating group) is 1. The number of nitrogens with one attached hydrogen (secondary N) is 2. The Bertz CT molecular complexity index is 1420. The molecule has 10 nitrogen and oxygen atoms in total. The van der Waals surface area contributed by atoms with Crippen LogP contribution < -0.4 is 10.0 Å². The molecule has 3 rings (SSSR count). The van der Waals surface area contributed by atoms with E-state index >= 15 is 0 Å². The summed E-state index contributed by atoms with van der Waals surface area (Å²) in [6.45, 7) is 8.18. The molecule has 0 aliphatic rings. The van der Waals surface area contributed by atoms with Crippen LogP contribution in [0.3, 0.4) is 0 Å². The van der Waals surface area contributed by atoms with Gasteiger partial charge in [-0.15, -0.1) is 0 Å². The van der Waals surface area contributed by atoms with Crippen LogP contribution in [-0.2, 0) is 32.7 Å². The standard InChI is InChI=1S/C29H40N4O6S/c1-7-29(15-16-34,33(5)6)28(35)30-18-22-13-14-24(23(17-22)19-38-8-2)25-11-9-10-12-26(25)40(36,37)32-27-20(3)21(4)39-31-27/h9-14,17,34H,7-8,15-16,18-19H2,1-6H3,(H,30,35)(H,31,32). The van der Waals surface area contributed by atoms with E-state index in [1.807, 2.05) is 51.0 Å². The minimum atomic E-state index is -4.00. The van der Waals surface area contributed by atoms with E-state index in [1.54, 1.807) is 38.1 Å². The van der Waals surface area contributed by atoms with Crippen LogP contribution in [0.4, 0.5) is 5.82 Å². The molecule has 1 amide bonds. The molecule has 0 fully saturated rings. The van der Waals surface area contributed by atoms with Gasteiger partial charge in [0.15, 0.2) is 5.82 Å². The number of ether oxygens (including phenoxy) is 1. The lowest BCUT2D eigenvalue weighted by Gasteiger charge is -2.37. The van der Waals surface area contributed by atoms with Gasteiger partial charge in [0.05, 0.1) is 11.5 Å². The predicted octanol–water partition coefficient (Wildman–Crippen LogP) is 4.00. The van der Waals surface area contributed by atoms with Crippen molar-refractivity contribution in [2.24, 2.45) is 0 Å². The zero-order chi connectivity index (χ0) is 29.5. The number of hydrogen-bond donors (Lipinski definition) is 3. The van der Waals surface area contributed by atoms with Crippen molar-refractivity contribution in [2.45, 2.75) is 64.1 Å². The number of aryl methyl sites for hydroxylation is 1. The fourth-order valence-electron chi connectivity index (χ4n) is 4.70. The number of sulfonamides is 1. The van der Waals surface area contributed by atoms with Crippen molar-refractivity contribution >= 4 is 21.7 Å². The molecule has 3 aromatic rings. The second-order valence-corrected chi connectivity index (χ2v) is 11.5. The molecule has 0 bridgehead atoms. The van der Waals surface area contributed by atoms with Crippen molar-refractivity contribution < 1.29 is 27.6 Å². The lowest BCUT2D eigenvalue weighted by Crippen LogP contribution is -2.56. The third kappa shape index (κ3) is 6.72. The molecule has 1 aromatic heterocycles. The van der Waals surface area contributed by atoms with Crippen LogP contribution >= 0.6 is 0 Å². The van der Waals surface area contributed by atoms with E-state index < -0.39 is 15.6 Å². The predicted molar refractivity (Wildman–Crippen MR) is 154 cm³/mol. The van der Waals surface area contributed by atoms with Crippen molar-refractivity contribution in [2.75, 3.05) is 32.0 Å². The molecule has 1 heterocycles. The van der Waals surface area contributed by atoms with Gasteiger partial charge in [0.2, 0.25) is 5.91 Å². The quantitative estimate of drug-likeness (QED) is 0.264. The summed E-state index contributed by atoms with van der Waals surface area (Å²) in [7, 11) is -0.333. The van der Waals surface area contributed by atoms with Gasteiger partial charge in [0.1, 0.15) is 11.3 Å². The summed E-state index contributed by atoms with van der Waals surface area (Å²) < 4.78 is 40.3. The maximum atomic E-state index is 13.5. The molecule has 1 unspecified atom stereocenters. The van der Waals surface area contributed by atoms with Crippen molar-refractivity contribution in [3.63, 3.8) is 0 Å². The Morgan fingerprint density at radius 2 is 1.85 bits per heavy atom. The zero-order valence-electron chi connectivity index (χ0n) is 24.1.